The van der Waals surface area contributed by atoms with Crippen LogP contribution in [0.4, 0.5) is 0 Å². The number of halogens is 1. The van der Waals surface area contributed by atoms with Gasteiger partial charge in [0, 0.05) is 18.4 Å². The molecule has 0 radical (unpaired) electrons. The summed E-state index contributed by atoms with van der Waals surface area (Å²) in [4.78, 5) is 26.4. The van der Waals surface area contributed by atoms with E-state index in [4.69, 9.17) is 16.7 Å². The van der Waals surface area contributed by atoms with Crippen LogP contribution in [-0.2, 0) is 4.79 Å². The van der Waals surface area contributed by atoms with Crippen molar-refractivity contribution in [1.82, 2.24) is 10.3 Å². The lowest BCUT2D eigenvalue weighted by atomic mass is 10.1. The van der Waals surface area contributed by atoms with Gasteiger partial charge >= 0.3 is 5.97 Å². The van der Waals surface area contributed by atoms with Crippen molar-refractivity contribution in [2.45, 2.75) is 12.5 Å². The Hall–Kier alpha value is -1.88. The SMILES string of the molecule is O=C(NC1C=CC(C(=O)O)C1)c1ccncc1Cl. The molecule has 0 saturated heterocycles. The summed E-state index contributed by atoms with van der Waals surface area (Å²) in [5.74, 6) is -1.75. The number of hydrogen-bond donors (Lipinski definition) is 2. The first-order valence-electron chi connectivity index (χ1n) is 5.39. The van der Waals surface area contributed by atoms with Crippen LogP contribution >= 0.6 is 11.6 Å². The number of carbonyl (C=O) groups is 2. The third kappa shape index (κ3) is 2.68. The number of amides is 1. The summed E-state index contributed by atoms with van der Waals surface area (Å²) in [6.45, 7) is 0. The van der Waals surface area contributed by atoms with E-state index in [-0.39, 0.29) is 17.0 Å². The van der Waals surface area contributed by atoms with Crippen molar-refractivity contribution in [1.29, 1.82) is 0 Å². The monoisotopic (exact) mass is 266 g/mol. The minimum atomic E-state index is -0.884. The lowest BCUT2D eigenvalue weighted by molar-refractivity contribution is -0.140. The van der Waals surface area contributed by atoms with E-state index < -0.39 is 11.9 Å². The number of aromatic nitrogens is 1. The number of nitrogens with one attached hydrogen (secondary N) is 1. The normalized spacial score (nSPS) is 21.8. The highest BCUT2D eigenvalue weighted by atomic mass is 35.5. The number of hydrogen-bond acceptors (Lipinski definition) is 3. The van der Waals surface area contributed by atoms with Gasteiger partial charge in [-0.3, -0.25) is 14.6 Å². The fraction of sp³-hybridized carbons (Fsp3) is 0.250. The van der Waals surface area contributed by atoms with Crippen LogP contribution in [0, 0.1) is 5.92 Å². The molecule has 2 rings (SSSR count). The van der Waals surface area contributed by atoms with Gasteiger partial charge < -0.3 is 10.4 Å². The Balaban J connectivity index is 2.00. The Morgan fingerprint density at radius 3 is 2.83 bits per heavy atom. The number of aliphatic carboxylic acids is 1. The summed E-state index contributed by atoms with van der Waals surface area (Å²) in [6.07, 6.45) is 6.50. The van der Waals surface area contributed by atoms with Gasteiger partial charge in [-0.25, -0.2) is 0 Å². The summed E-state index contributed by atoms with van der Waals surface area (Å²) >= 11 is 5.85. The van der Waals surface area contributed by atoms with Crippen molar-refractivity contribution in [3.05, 3.63) is 41.2 Å². The molecule has 1 aliphatic carbocycles. The molecule has 1 aromatic rings. The van der Waals surface area contributed by atoms with E-state index in [1.165, 1.54) is 18.5 Å². The van der Waals surface area contributed by atoms with Gasteiger partial charge in [0.25, 0.3) is 5.91 Å². The molecule has 5 nitrogen and oxygen atoms in total. The van der Waals surface area contributed by atoms with E-state index in [9.17, 15) is 9.59 Å². The van der Waals surface area contributed by atoms with Crippen LogP contribution in [0.2, 0.25) is 5.02 Å². The molecule has 2 N–H and O–H groups in total. The molecule has 0 saturated carbocycles. The first-order chi connectivity index (χ1) is 8.58. The molecule has 1 heterocycles. The van der Waals surface area contributed by atoms with Crippen LogP contribution in [0.1, 0.15) is 16.8 Å². The molecule has 0 fully saturated rings. The number of carbonyl (C=O) groups excluding carboxylic acids is 1. The number of nitrogens with zero attached hydrogens (tertiary/aromatic N) is 1. The molecule has 0 aromatic carbocycles. The highest BCUT2D eigenvalue weighted by Crippen LogP contribution is 2.19. The second kappa shape index (κ2) is 5.18. The Morgan fingerprint density at radius 2 is 2.22 bits per heavy atom. The van der Waals surface area contributed by atoms with Crippen molar-refractivity contribution >= 4 is 23.5 Å². The molecular weight excluding hydrogens is 256 g/mol. The summed E-state index contributed by atoms with van der Waals surface area (Å²) in [7, 11) is 0. The molecule has 0 bridgehead atoms. The van der Waals surface area contributed by atoms with Crippen LogP contribution < -0.4 is 5.32 Å². The number of carboxylic acid groups (broad SMARTS) is 1. The van der Waals surface area contributed by atoms with Gasteiger partial charge in [0.1, 0.15) is 0 Å². The van der Waals surface area contributed by atoms with Crippen molar-refractivity contribution in [3.8, 4) is 0 Å². The van der Waals surface area contributed by atoms with Crippen molar-refractivity contribution in [2.75, 3.05) is 0 Å². The van der Waals surface area contributed by atoms with Crippen LogP contribution in [-0.4, -0.2) is 28.0 Å². The van der Waals surface area contributed by atoms with E-state index in [1.807, 2.05) is 0 Å². The minimum absolute atomic E-state index is 0.270. The fourth-order valence-corrected chi connectivity index (χ4v) is 2.00. The van der Waals surface area contributed by atoms with E-state index in [1.54, 1.807) is 12.2 Å². The summed E-state index contributed by atoms with van der Waals surface area (Å²) in [5.41, 5.74) is 0.332. The first-order valence-corrected chi connectivity index (χ1v) is 5.77. The summed E-state index contributed by atoms with van der Waals surface area (Å²) in [5, 5.41) is 11.8. The van der Waals surface area contributed by atoms with Crippen molar-refractivity contribution in [2.24, 2.45) is 5.92 Å². The third-order valence-corrected chi connectivity index (χ3v) is 3.04. The number of pyridine rings is 1. The average Bonchev–Trinajstić information content (AvgIpc) is 2.78. The Kier molecular flexibility index (Phi) is 3.62. The molecule has 0 spiro atoms. The first kappa shape index (κ1) is 12.6. The average molecular weight is 267 g/mol. The van der Waals surface area contributed by atoms with E-state index in [2.05, 4.69) is 10.3 Å². The van der Waals surface area contributed by atoms with E-state index in [0.29, 0.717) is 12.0 Å². The molecule has 1 amide bonds. The molecule has 1 aromatic heterocycles. The predicted octanol–water partition coefficient (Wildman–Crippen LogP) is 1.49. The third-order valence-electron chi connectivity index (χ3n) is 2.73. The molecular formula is C12H11ClN2O3. The summed E-state index contributed by atoms with van der Waals surface area (Å²) in [6, 6.07) is 1.24. The maximum absolute atomic E-state index is 11.9. The molecule has 1 aliphatic rings. The number of carboxylic acids is 1. The zero-order chi connectivity index (χ0) is 13.1. The zero-order valence-electron chi connectivity index (χ0n) is 9.34. The van der Waals surface area contributed by atoms with Crippen LogP contribution in [0.15, 0.2) is 30.6 Å². The molecule has 0 aliphatic heterocycles. The molecule has 94 valence electrons. The quantitative estimate of drug-likeness (QED) is 0.813. The molecule has 2 unspecified atom stereocenters. The van der Waals surface area contributed by atoms with Crippen LogP contribution in [0.3, 0.4) is 0 Å². The zero-order valence-corrected chi connectivity index (χ0v) is 10.1. The minimum Gasteiger partial charge on any atom is -0.481 e. The standard InChI is InChI=1S/C12H11ClN2O3/c13-10-6-14-4-3-9(10)11(16)15-8-2-1-7(5-8)12(17)18/h1-4,6-8H,5H2,(H,15,16)(H,17,18). The van der Waals surface area contributed by atoms with Gasteiger partial charge in [0.15, 0.2) is 0 Å². The predicted molar refractivity (Wildman–Crippen MR) is 65.4 cm³/mol. The van der Waals surface area contributed by atoms with Crippen molar-refractivity contribution < 1.29 is 14.7 Å². The molecule has 2 atom stereocenters. The van der Waals surface area contributed by atoms with Gasteiger partial charge in [-0.15, -0.1) is 0 Å². The summed E-state index contributed by atoms with van der Waals surface area (Å²) < 4.78 is 0. The topological polar surface area (TPSA) is 79.3 Å². The largest absolute Gasteiger partial charge is 0.481 e. The maximum Gasteiger partial charge on any atom is 0.310 e. The van der Waals surface area contributed by atoms with Gasteiger partial charge in [0.05, 0.1) is 16.5 Å². The second-order valence-corrected chi connectivity index (χ2v) is 4.41. The highest BCUT2D eigenvalue weighted by molar-refractivity contribution is 6.33. The molecule has 18 heavy (non-hydrogen) atoms. The Morgan fingerprint density at radius 1 is 1.44 bits per heavy atom. The van der Waals surface area contributed by atoms with Gasteiger partial charge in [-0.1, -0.05) is 23.8 Å². The van der Waals surface area contributed by atoms with Gasteiger partial charge in [-0.05, 0) is 12.5 Å². The van der Waals surface area contributed by atoms with Crippen LogP contribution in [0.25, 0.3) is 0 Å². The Labute approximate surface area is 108 Å². The second-order valence-electron chi connectivity index (χ2n) is 4.00. The van der Waals surface area contributed by atoms with Gasteiger partial charge in [-0.2, -0.15) is 0 Å². The highest BCUT2D eigenvalue weighted by Gasteiger charge is 2.25. The lowest BCUT2D eigenvalue weighted by Crippen LogP contribution is -2.33. The van der Waals surface area contributed by atoms with Gasteiger partial charge in [0.2, 0.25) is 0 Å². The van der Waals surface area contributed by atoms with E-state index in [0.717, 1.165) is 0 Å². The van der Waals surface area contributed by atoms with Crippen LogP contribution in [0.5, 0.6) is 0 Å². The van der Waals surface area contributed by atoms with Crippen molar-refractivity contribution in [3.63, 3.8) is 0 Å². The maximum atomic E-state index is 11.9. The number of rotatable bonds is 3. The smallest absolute Gasteiger partial charge is 0.310 e. The fourth-order valence-electron chi connectivity index (χ4n) is 1.79. The van der Waals surface area contributed by atoms with E-state index >= 15 is 0 Å². The lowest BCUT2D eigenvalue weighted by Gasteiger charge is -2.12. The molecule has 6 heteroatoms. The Bertz CT molecular complexity index is 516.